The van der Waals surface area contributed by atoms with E-state index in [9.17, 15) is 4.39 Å². The summed E-state index contributed by atoms with van der Waals surface area (Å²) >= 11 is 0. The second kappa shape index (κ2) is 8.26. The van der Waals surface area contributed by atoms with Crippen molar-refractivity contribution in [1.82, 2.24) is 0 Å². The van der Waals surface area contributed by atoms with Gasteiger partial charge in [0.15, 0.2) is 0 Å². The van der Waals surface area contributed by atoms with Crippen LogP contribution in [0.1, 0.15) is 69.2 Å². The first-order chi connectivity index (χ1) is 5.73. The highest BCUT2D eigenvalue weighted by molar-refractivity contribution is 4.52. The van der Waals surface area contributed by atoms with Crippen molar-refractivity contribution in [2.75, 3.05) is 0 Å². The first-order valence-electron chi connectivity index (χ1n) is 5.42. The van der Waals surface area contributed by atoms with Gasteiger partial charge >= 0.3 is 0 Å². The summed E-state index contributed by atoms with van der Waals surface area (Å²) in [5.41, 5.74) is -0.500. The number of rotatable bonds is 0. The minimum atomic E-state index is -1.00. The van der Waals surface area contributed by atoms with Gasteiger partial charge in [0.2, 0.25) is 0 Å². The molecule has 14 heavy (non-hydrogen) atoms. The van der Waals surface area contributed by atoms with Gasteiger partial charge in [0.25, 0.3) is 0 Å². The third-order valence-electron chi connectivity index (χ3n) is 0. The molecule has 0 aromatic rings. The lowest BCUT2D eigenvalue weighted by Crippen LogP contribution is -2.01. The van der Waals surface area contributed by atoms with Crippen LogP contribution in [0.25, 0.3) is 0 Å². The third kappa shape index (κ3) is 291000. The Hall–Kier alpha value is -0.0700. The van der Waals surface area contributed by atoms with E-state index in [1.807, 2.05) is 0 Å². The van der Waals surface area contributed by atoms with Crippen LogP contribution in [0.3, 0.4) is 0 Å². The molecule has 0 radical (unpaired) electrons. The molecule has 0 N–H and O–H groups in total. The van der Waals surface area contributed by atoms with Gasteiger partial charge in [0.1, 0.15) is 5.67 Å². The van der Waals surface area contributed by atoms with Gasteiger partial charge in [0, 0.05) is 0 Å². The molecule has 0 aliphatic heterocycles. The monoisotopic (exact) mass is 206 g/mol. The second-order valence-corrected chi connectivity index (χ2v) is 6.80. The second-order valence-electron chi connectivity index (χ2n) is 6.80. The zero-order valence-electron chi connectivity index (χ0n) is 12.0. The normalized spacial score (nSPS) is 11.1. The van der Waals surface area contributed by atoms with Crippen LogP contribution in [0.15, 0.2) is 0 Å². The lowest BCUT2D eigenvalue weighted by Gasteiger charge is -2.05. The fourth-order valence-corrected chi connectivity index (χ4v) is 0. The maximum atomic E-state index is 11.7. The molecular formula is C13H31F. The Morgan fingerprint density at radius 3 is 0.714 bits per heavy atom. The van der Waals surface area contributed by atoms with Crippen LogP contribution in [0, 0.1) is 11.3 Å². The Balaban J connectivity index is -0.000000131. The van der Waals surface area contributed by atoms with E-state index in [-0.39, 0.29) is 0 Å². The van der Waals surface area contributed by atoms with Crippen LogP contribution < -0.4 is 0 Å². The van der Waals surface area contributed by atoms with E-state index in [1.165, 1.54) is 20.8 Å². The molecule has 0 saturated carbocycles. The average Bonchev–Trinajstić information content (AvgIpc) is 1.45. The highest BCUT2D eigenvalue weighted by atomic mass is 19.1. The minimum Gasteiger partial charge on any atom is -0.245 e. The molecule has 0 rings (SSSR count). The molecule has 0 spiro atoms. The number of alkyl halides is 1. The Morgan fingerprint density at radius 2 is 0.714 bits per heavy atom. The van der Waals surface area contributed by atoms with E-state index in [0.717, 1.165) is 5.92 Å². The van der Waals surface area contributed by atoms with E-state index in [4.69, 9.17) is 0 Å². The van der Waals surface area contributed by atoms with Crippen molar-refractivity contribution < 1.29 is 4.39 Å². The predicted octanol–water partition coefficient (Wildman–Crippen LogP) is 5.47. The maximum Gasteiger partial charge on any atom is 0.102 e. The highest BCUT2D eigenvalue weighted by Gasteiger charge is 2.01. The summed E-state index contributed by atoms with van der Waals surface area (Å²) in [6.07, 6.45) is 0. The minimum absolute atomic E-state index is 0.500. The molecule has 0 fully saturated rings. The van der Waals surface area contributed by atoms with E-state index in [0.29, 0.717) is 5.41 Å². The topological polar surface area (TPSA) is 0 Å². The van der Waals surface area contributed by atoms with E-state index in [1.54, 1.807) is 0 Å². The standard InChI is InChI=1S/C5H12.C4H9F.C4H10/c1-5(2,3)4;1-4(2,3)5;1-4(2)3/h1-4H3;1-3H3;4H,1-3H3. The lowest BCUT2D eigenvalue weighted by molar-refractivity contribution is 0.246. The van der Waals surface area contributed by atoms with Crippen LogP contribution in [-0.4, -0.2) is 5.67 Å². The SMILES string of the molecule is CC(C)(C)C.CC(C)(C)F.CC(C)C. The summed E-state index contributed by atoms with van der Waals surface area (Å²) in [6.45, 7) is 19.8. The molecule has 0 aromatic heterocycles. The fourth-order valence-electron chi connectivity index (χ4n) is 0. The van der Waals surface area contributed by atoms with Crippen molar-refractivity contribution in [3.05, 3.63) is 0 Å². The Kier molecular flexibility index (Phi) is 11.5. The number of halogens is 1. The van der Waals surface area contributed by atoms with E-state index < -0.39 is 5.67 Å². The number of hydrogen-bond acceptors (Lipinski definition) is 0. The summed E-state index contributed by atoms with van der Waals surface area (Å²) in [5.74, 6) is 0.833. The van der Waals surface area contributed by atoms with Crippen molar-refractivity contribution in [3.63, 3.8) is 0 Å². The summed E-state index contributed by atoms with van der Waals surface area (Å²) in [7, 11) is 0. The summed E-state index contributed by atoms with van der Waals surface area (Å²) in [4.78, 5) is 0. The Labute approximate surface area is 91.3 Å². The number of hydrogen-bond donors (Lipinski definition) is 0. The van der Waals surface area contributed by atoms with Gasteiger partial charge < -0.3 is 0 Å². The molecule has 90 valence electrons. The molecule has 0 bridgehead atoms. The van der Waals surface area contributed by atoms with Crippen molar-refractivity contribution in [2.24, 2.45) is 11.3 Å². The highest BCUT2D eigenvalue weighted by Crippen LogP contribution is 2.08. The van der Waals surface area contributed by atoms with Gasteiger partial charge in [0.05, 0.1) is 0 Å². The zero-order valence-corrected chi connectivity index (χ0v) is 12.0. The molecule has 0 atom stereocenters. The smallest absolute Gasteiger partial charge is 0.102 e. The van der Waals surface area contributed by atoms with Gasteiger partial charge in [-0.1, -0.05) is 48.5 Å². The van der Waals surface area contributed by atoms with Crippen LogP contribution in [0.4, 0.5) is 4.39 Å². The maximum absolute atomic E-state index is 11.7. The van der Waals surface area contributed by atoms with E-state index in [2.05, 4.69) is 48.5 Å². The molecule has 0 unspecified atom stereocenters. The Bertz CT molecular complexity index is 74.6. The van der Waals surface area contributed by atoms with Crippen molar-refractivity contribution in [1.29, 1.82) is 0 Å². The zero-order chi connectivity index (χ0) is 12.6. The lowest BCUT2D eigenvalue weighted by atomic mass is 10.0. The van der Waals surface area contributed by atoms with Gasteiger partial charge in [-0.2, -0.15) is 0 Å². The largest absolute Gasteiger partial charge is 0.245 e. The summed E-state index contributed by atoms with van der Waals surface area (Å²) in [6, 6.07) is 0. The summed E-state index contributed by atoms with van der Waals surface area (Å²) < 4.78 is 11.7. The quantitative estimate of drug-likeness (QED) is 0.493. The molecule has 0 aromatic carbocycles. The molecular weight excluding hydrogens is 175 g/mol. The molecule has 0 saturated heterocycles. The Morgan fingerprint density at radius 1 is 0.714 bits per heavy atom. The first kappa shape index (κ1) is 19.5. The fraction of sp³-hybridized carbons (Fsp3) is 1.00. The molecule has 0 aliphatic carbocycles. The van der Waals surface area contributed by atoms with Gasteiger partial charge in [-0.15, -0.1) is 0 Å². The van der Waals surface area contributed by atoms with Crippen LogP contribution >= 0.6 is 0 Å². The molecule has 0 aliphatic rings. The first-order valence-corrected chi connectivity index (χ1v) is 5.42. The van der Waals surface area contributed by atoms with Crippen LogP contribution in [0.5, 0.6) is 0 Å². The predicted molar refractivity (Wildman–Crippen MR) is 66.5 cm³/mol. The molecule has 0 nitrogen and oxygen atoms in total. The van der Waals surface area contributed by atoms with Gasteiger partial charge in [-0.3, -0.25) is 0 Å². The molecule has 1 heteroatoms. The average molecular weight is 206 g/mol. The van der Waals surface area contributed by atoms with E-state index >= 15 is 0 Å². The van der Waals surface area contributed by atoms with Gasteiger partial charge in [-0.05, 0) is 32.1 Å². The van der Waals surface area contributed by atoms with Crippen molar-refractivity contribution >= 4 is 0 Å². The third-order valence-corrected chi connectivity index (χ3v) is 0. The molecule has 0 heterocycles. The van der Waals surface area contributed by atoms with Gasteiger partial charge in [-0.25, -0.2) is 4.39 Å². The van der Waals surface area contributed by atoms with Crippen molar-refractivity contribution in [3.8, 4) is 0 Å². The summed E-state index contributed by atoms with van der Waals surface area (Å²) in [5, 5.41) is 0. The molecule has 0 amide bonds. The van der Waals surface area contributed by atoms with Crippen LogP contribution in [-0.2, 0) is 0 Å². The van der Waals surface area contributed by atoms with Crippen molar-refractivity contribution in [2.45, 2.75) is 74.9 Å². The van der Waals surface area contributed by atoms with Crippen LogP contribution in [0.2, 0.25) is 0 Å².